The van der Waals surface area contributed by atoms with Gasteiger partial charge in [-0.3, -0.25) is 4.79 Å². The maximum Gasteiger partial charge on any atom is 0.317 e. The molecule has 0 aromatic carbocycles. The predicted octanol–water partition coefficient (Wildman–Crippen LogP) is 0.670. The molecule has 3 rings (SSSR count). The van der Waals surface area contributed by atoms with Gasteiger partial charge in [0.1, 0.15) is 5.69 Å². The molecule has 1 aliphatic heterocycles. The van der Waals surface area contributed by atoms with E-state index in [2.05, 4.69) is 20.4 Å². The summed E-state index contributed by atoms with van der Waals surface area (Å²) in [5.74, 6) is 1.16. The van der Waals surface area contributed by atoms with Crippen LogP contribution < -0.4 is 5.32 Å². The summed E-state index contributed by atoms with van der Waals surface area (Å²) in [6.07, 6.45) is 2.95. The van der Waals surface area contributed by atoms with E-state index in [-0.39, 0.29) is 11.9 Å². The zero-order valence-electron chi connectivity index (χ0n) is 14.2. The first-order valence-electron chi connectivity index (χ1n) is 8.44. The number of aromatic amines is 1. The Morgan fingerprint density at radius 2 is 2.04 bits per heavy atom. The fourth-order valence-electron chi connectivity index (χ4n) is 2.67. The van der Waals surface area contributed by atoms with Crippen molar-refractivity contribution in [3.8, 4) is 0 Å². The van der Waals surface area contributed by atoms with Gasteiger partial charge in [-0.05, 0) is 12.1 Å². The molecule has 2 N–H and O–H groups in total. The Labute approximate surface area is 145 Å². The maximum atomic E-state index is 12.2. The Kier molecular flexibility index (Phi) is 5.32. The van der Waals surface area contributed by atoms with Crippen molar-refractivity contribution in [1.82, 2.24) is 30.2 Å². The molecule has 0 bridgehead atoms. The number of aryl methyl sites for hydroxylation is 1. The number of hydrogen-bond donors (Lipinski definition) is 2. The molecule has 0 saturated carbocycles. The van der Waals surface area contributed by atoms with Crippen LogP contribution in [0.3, 0.4) is 0 Å². The summed E-state index contributed by atoms with van der Waals surface area (Å²) in [4.78, 5) is 35.0. The minimum Gasteiger partial charge on any atom is -0.357 e. The summed E-state index contributed by atoms with van der Waals surface area (Å²) in [6.45, 7) is 4.46. The van der Waals surface area contributed by atoms with Gasteiger partial charge in [-0.1, -0.05) is 12.1 Å². The van der Waals surface area contributed by atoms with Gasteiger partial charge in [0, 0.05) is 51.8 Å². The lowest BCUT2D eigenvalue weighted by Crippen LogP contribution is -2.53. The molecular weight excluding hydrogens is 324 g/mol. The summed E-state index contributed by atoms with van der Waals surface area (Å²) >= 11 is 0. The SMILES string of the molecule is CCc1noc(CCNC(=O)N2CCN(C(=O)c3ccc[nH]3)CC2)n1. The lowest BCUT2D eigenvalue weighted by atomic mass is 10.3. The number of urea groups is 1. The Balaban J connectivity index is 1.40. The number of carbonyl (C=O) groups excluding carboxylic acids is 2. The molecule has 134 valence electrons. The molecule has 0 aliphatic carbocycles. The van der Waals surface area contributed by atoms with Crippen molar-refractivity contribution < 1.29 is 14.1 Å². The van der Waals surface area contributed by atoms with E-state index in [1.54, 1.807) is 28.1 Å². The Hall–Kier alpha value is -2.84. The molecule has 0 atom stereocenters. The summed E-state index contributed by atoms with van der Waals surface area (Å²) in [7, 11) is 0. The standard InChI is InChI=1S/C16H22N6O3/c1-2-13-19-14(25-20-13)5-7-18-16(24)22-10-8-21(9-11-22)15(23)12-4-3-6-17-12/h3-4,6,17H,2,5,7-11H2,1H3,(H,18,24). The average molecular weight is 346 g/mol. The predicted molar refractivity (Wildman–Crippen MR) is 89.0 cm³/mol. The third kappa shape index (κ3) is 4.17. The molecule has 1 saturated heterocycles. The number of aromatic nitrogens is 3. The highest BCUT2D eigenvalue weighted by Gasteiger charge is 2.25. The molecular formula is C16H22N6O3. The minimum absolute atomic E-state index is 0.0341. The van der Waals surface area contributed by atoms with E-state index in [0.29, 0.717) is 56.6 Å². The van der Waals surface area contributed by atoms with E-state index < -0.39 is 0 Å². The van der Waals surface area contributed by atoms with Crippen molar-refractivity contribution in [2.24, 2.45) is 0 Å². The van der Waals surface area contributed by atoms with Crippen LogP contribution in [-0.4, -0.2) is 69.6 Å². The van der Waals surface area contributed by atoms with Crippen molar-refractivity contribution in [1.29, 1.82) is 0 Å². The first kappa shape index (κ1) is 17.0. The van der Waals surface area contributed by atoms with Crippen LogP contribution in [0.15, 0.2) is 22.9 Å². The van der Waals surface area contributed by atoms with Crippen LogP contribution >= 0.6 is 0 Å². The maximum absolute atomic E-state index is 12.2. The topological polar surface area (TPSA) is 107 Å². The largest absolute Gasteiger partial charge is 0.357 e. The van der Waals surface area contributed by atoms with E-state index >= 15 is 0 Å². The summed E-state index contributed by atoms with van der Waals surface area (Å²) in [5, 5.41) is 6.67. The number of nitrogens with zero attached hydrogens (tertiary/aromatic N) is 4. The molecule has 3 amide bonds. The lowest BCUT2D eigenvalue weighted by molar-refractivity contribution is 0.0660. The molecule has 0 unspecified atom stereocenters. The normalized spacial score (nSPS) is 14.6. The van der Waals surface area contributed by atoms with Crippen LogP contribution in [0.4, 0.5) is 4.79 Å². The summed E-state index contributed by atoms with van der Waals surface area (Å²) < 4.78 is 5.09. The van der Waals surface area contributed by atoms with Gasteiger partial charge < -0.3 is 24.6 Å². The van der Waals surface area contributed by atoms with Gasteiger partial charge in [0.2, 0.25) is 5.89 Å². The van der Waals surface area contributed by atoms with E-state index in [1.807, 2.05) is 6.92 Å². The minimum atomic E-state index is -0.137. The molecule has 2 aromatic heterocycles. The molecule has 0 spiro atoms. The Morgan fingerprint density at radius 3 is 2.68 bits per heavy atom. The van der Waals surface area contributed by atoms with E-state index in [0.717, 1.165) is 6.42 Å². The van der Waals surface area contributed by atoms with Gasteiger partial charge in [0.15, 0.2) is 5.82 Å². The average Bonchev–Trinajstić information content (AvgIpc) is 3.33. The van der Waals surface area contributed by atoms with Gasteiger partial charge in [-0.15, -0.1) is 0 Å². The first-order valence-corrected chi connectivity index (χ1v) is 8.44. The second kappa shape index (κ2) is 7.82. The van der Waals surface area contributed by atoms with E-state index in [4.69, 9.17) is 4.52 Å². The highest BCUT2D eigenvalue weighted by atomic mass is 16.5. The highest BCUT2D eigenvalue weighted by molar-refractivity contribution is 5.92. The van der Waals surface area contributed by atoms with Gasteiger partial charge >= 0.3 is 6.03 Å². The number of rotatable bonds is 5. The van der Waals surface area contributed by atoms with Crippen LogP contribution in [0.1, 0.15) is 29.1 Å². The van der Waals surface area contributed by atoms with Crippen LogP contribution in [0.2, 0.25) is 0 Å². The Morgan fingerprint density at radius 1 is 1.28 bits per heavy atom. The fraction of sp³-hybridized carbons (Fsp3) is 0.500. The third-order valence-corrected chi connectivity index (χ3v) is 4.12. The van der Waals surface area contributed by atoms with Crippen molar-refractivity contribution in [2.75, 3.05) is 32.7 Å². The number of carbonyl (C=O) groups is 2. The van der Waals surface area contributed by atoms with E-state index in [1.165, 1.54) is 0 Å². The third-order valence-electron chi connectivity index (χ3n) is 4.12. The highest BCUT2D eigenvalue weighted by Crippen LogP contribution is 2.07. The molecule has 3 heterocycles. The van der Waals surface area contributed by atoms with Gasteiger partial charge in [0.25, 0.3) is 5.91 Å². The number of hydrogen-bond acceptors (Lipinski definition) is 5. The Bertz CT molecular complexity index is 703. The molecule has 1 aliphatic rings. The second-order valence-corrected chi connectivity index (χ2v) is 5.80. The molecule has 1 fully saturated rings. The van der Waals surface area contributed by atoms with Gasteiger partial charge in [0.05, 0.1) is 0 Å². The second-order valence-electron chi connectivity index (χ2n) is 5.80. The van der Waals surface area contributed by atoms with Gasteiger partial charge in [-0.25, -0.2) is 4.79 Å². The molecule has 25 heavy (non-hydrogen) atoms. The van der Waals surface area contributed by atoms with Crippen LogP contribution in [0.25, 0.3) is 0 Å². The van der Waals surface area contributed by atoms with Crippen molar-refractivity contribution in [3.05, 3.63) is 35.7 Å². The number of nitrogens with one attached hydrogen (secondary N) is 2. The van der Waals surface area contributed by atoms with Gasteiger partial charge in [-0.2, -0.15) is 4.98 Å². The van der Waals surface area contributed by atoms with Crippen LogP contribution in [0, 0.1) is 0 Å². The van der Waals surface area contributed by atoms with Crippen molar-refractivity contribution in [3.63, 3.8) is 0 Å². The molecule has 9 heteroatoms. The fourth-order valence-corrected chi connectivity index (χ4v) is 2.67. The van der Waals surface area contributed by atoms with Crippen molar-refractivity contribution in [2.45, 2.75) is 19.8 Å². The summed E-state index contributed by atoms with van der Waals surface area (Å²) in [6, 6.07) is 3.41. The lowest BCUT2D eigenvalue weighted by Gasteiger charge is -2.34. The monoisotopic (exact) mass is 346 g/mol. The number of H-pyrrole nitrogens is 1. The van der Waals surface area contributed by atoms with Crippen LogP contribution in [-0.2, 0) is 12.8 Å². The van der Waals surface area contributed by atoms with Crippen LogP contribution in [0.5, 0.6) is 0 Å². The number of piperazine rings is 1. The number of amides is 3. The quantitative estimate of drug-likeness (QED) is 0.827. The molecule has 2 aromatic rings. The first-order chi connectivity index (χ1) is 12.2. The van der Waals surface area contributed by atoms with E-state index in [9.17, 15) is 9.59 Å². The molecule has 0 radical (unpaired) electrons. The zero-order chi connectivity index (χ0) is 17.6. The zero-order valence-corrected chi connectivity index (χ0v) is 14.2. The van der Waals surface area contributed by atoms with Crippen molar-refractivity contribution >= 4 is 11.9 Å². The summed E-state index contributed by atoms with van der Waals surface area (Å²) in [5.41, 5.74) is 0.573. The molecule has 9 nitrogen and oxygen atoms in total. The smallest absolute Gasteiger partial charge is 0.317 e.